The Morgan fingerprint density at radius 3 is 2.60 bits per heavy atom. The summed E-state index contributed by atoms with van der Waals surface area (Å²) in [7, 11) is 1.88. The number of nitrogens with one attached hydrogen (secondary N) is 3. The van der Waals surface area contributed by atoms with Crippen LogP contribution in [0, 0.1) is 3.57 Å². The highest BCUT2D eigenvalue weighted by Crippen LogP contribution is 2.43. The first-order valence-corrected chi connectivity index (χ1v) is 12.4. The van der Waals surface area contributed by atoms with Crippen LogP contribution in [0.25, 0.3) is 0 Å². The number of imidazole rings is 1. The second-order valence-electron chi connectivity index (χ2n) is 8.49. The van der Waals surface area contributed by atoms with Crippen LogP contribution in [0.5, 0.6) is 0 Å². The third kappa shape index (κ3) is 3.71. The Bertz CT molecular complexity index is 1450. The van der Waals surface area contributed by atoms with Gasteiger partial charge < -0.3 is 9.67 Å². The molecule has 0 bridgehead atoms. The summed E-state index contributed by atoms with van der Waals surface area (Å²) >= 11 is 8.60. The molecule has 0 amide bonds. The van der Waals surface area contributed by atoms with E-state index in [1.54, 1.807) is 12.5 Å². The van der Waals surface area contributed by atoms with Gasteiger partial charge in [-0.05, 0) is 75.7 Å². The zero-order valence-electron chi connectivity index (χ0n) is 18.6. The van der Waals surface area contributed by atoms with E-state index in [0.29, 0.717) is 22.2 Å². The number of aliphatic imine (C=N–C) groups is 1. The maximum absolute atomic E-state index is 12.4. The number of aromatic nitrogens is 2. The highest BCUT2D eigenvalue weighted by atomic mass is 127. The van der Waals surface area contributed by atoms with Gasteiger partial charge in [-0.1, -0.05) is 41.9 Å². The van der Waals surface area contributed by atoms with Gasteiger partial charge in [0, 0.05) is 21.2 Å². The van der Waals surface area contributed by atoms with Crippen LogP contribution in [-0.4, -0.2) is 20.6 Å². The molecule has 0 radical (unpaired) electrons. The van der Waals surface area contributed by atoms with Crippen molar-refractivity contribution in [3.8, 4) is 0 Å². The molecule has 3 aromatic carbocycles. The maximum atomic E-state index is 12.4. The first-order valence-electron chi connectivity index (χ1n) is 10.9. The van der Waals surface area contributed by atoms with Crippen LogP contribution in [0.1, 0.15) is 34.0 Å². The van der Waals surface area contributed by atoms with Crippen molar-refractivity contribution < 1.29 is 5.11 Å². The number of rotatable bonds is 4. The molecule has 4 N–H and O–H groups in total. The lowest BCUT2D eigenvalue weighted by molar-refractivity contribution is 0.117. The lowest BCUT2D eigenvalue weighted by Gasteiger charge is -2.33. The van der Waals surface area contributed by atoms with Gasteiger partial charge in [-0.15, -0.1) is 5.53 Å². The molecule has 10 heteroatoms. The average Bonchev–Trinajstić information content (AvgIpc) is 3.52. The number of aryl methyl sites for hydroxylation is 1. The number of hydrazine groups is 3. The molecule has 2 aliphatic rings. The molecule has 1 fully saturated rings. The largest absolute Gasteiger partial charge is 0.374 e. The maximum Gasteiger partial charge on any atom is 0.231 e. The monoisotopic (exact) mass is 597 g/mol. The Morgan fingerprint density at radius 2 is 1.86 bits per heavy atom. The molecular weight excluding hydrogens is 577 g/mol. The number of halogens is 2. The zero-order chi connectivity index (χ0) is 24.2. The number of aliphatic hydroxyl groups is 1. The summed E-state index contributed by atoms with van der Waals surface area (Å²) in [5.41, 5.74) is 12.5. The number of anilines is 1. The van der Waals surface area contributed by atoms with Gasteiger partial charge in [0.25, 0.3) is 0 Å². The summed E-state index contributed by atoms with van der Waals surface area (Å²) in [6, 6.07) is 21.2. The number of benzene rings is 3. The molecule has 2 aliphatic heterocycles. The fourth-order valence-corrected chi connectivity index (χ4v) is 5.26. The Kier molecular flexibility index (Phi) is 5.53. The van der Waals surface area contributed by atoms with Crippen molar-refractivity contribution in [1.82, 2.24) is 26.0 Å². The van der Waals surface area contributed by atoms with E-state index in [2.05, 4.69) is 44.1 Å². The molecule has 1 saturated heterocycles. The molecule has 6 rings (SSSR count). The summed E-state index contributed by atoms with van der Waals surface area (Å²) in [6.45, 7) is 0. The van der Waals surface area contributed by atoms with Crippen LogP contribution in [0.4, 0.5) is 5.69 Å². The van der Waals surface area contributed by atoms with Crippen molar-refractivity contribution in [3.63, 3.8) is 0 Å². The summed E-state index contributed by atoms with van der Waals surface area (Å²) in [5.74, 6) is 0.648. The molecular formula is C25H21ClIN7O. The molecule has 35 heavy (non-hydrogen) atoms. The molecule has 1 aromatic heterocycles. The van der Waals surface area contributed by atoms with Gasteiger partial charge in [0.1, 0.15) is 6.04 Å². The highest BCUT2D eigenvalue weighted by Gasteiger charge is 2.39. The second kappa shape index (κ2) is 8.61. The number of nitrogens with zero attached hydrogens (tertiary/aromatic N) is 4. The van der Waals surface area contributed by atoms with Crippen molar-refractivity contribution in [3.05, 3.63) is 116 Å². The molecule has 0 spiro atoms. The van der Waals surface area contributed by atoms with Crippen LogP contribution < -0.4 is 21.5 Å². The first-order chi connectivity index (χ1) is 16.9. The normalized spacial score (nSPS) is 18.3. The lowest BCUT2D eigenvalue weighted by atomic mass is 9.81. The number of hydrogen-bond donors (Lipinski definition) is 4. The average molecular weight is 598 g/mol. The highest BCUT2D eigenvalue weighted by molar-refractivity contribution is 14.1. The minimum Gasteiger partial charge on any atom is -0.374 e. The Balaban J connectivity index is 1.57. The number of fused-ring (bicyclic) bond motifs is 3. The summed E-state index contributed by atoms with van der Waals surface area (Å²) < 4.78 is 2.94. The van der Waals surface area contributed by atoms with Gasteiger partial charge in [-0.2, -0.15) is 5.53 Å². The van der Waals surface area contributed by atoms with Gasteiger partial charge in [0.2, 0.25) is 5.96 Å². The van der Waals surface area contributed by atoms with E-state index in [0.717, 1.165) is 25.9 Å². The zero-order valence-corrected chi connectivity index (χ0v) is 21.5. The quantitative estimate of drug-likeness (QED) is 0.268. The van der Waals surface area contributed by atoms with Crippen LogP contribution >= 0.6 is 34.2 Å². The van der Waals surface area contributed by atoms with Crippen LogP contribution in [-0.2, 0) is 12.6 Å². The first kappa shape index (κ1) is 22.5. The van der Waals surface area contributed by atoms with Gasteiger partial charge in [-0.3, -0.25) is 5.43 Å². The molecule has 8 nitrogen and oxygen atoms in total. The predicted octanol–water partition coefficient (Wildman–Crippen LogP) is 3.76. The van der Waals surface area contributed by atoms with Crippen molar-refractivity contribution in [2.24, 2.45) is 12.0 Å². The van der Waals surface area contributed by atoms with E-state index in [1.165, 1.54) is 0 Å². The van der Waals surface area contributed by atoms with Crippen molar-refractivity contribution >= 4 is 45.8 Å². The fraction of sp³-hybridized carbons (Fsp3) is 0.120. The van der Waals surface area contributed by atoms with Gasteiger partial charge in [0.15, 0.2) is 5.60 Å². The molecule has 4 aromatic rings. The Morgan fingerprint density at radius 1 is 1.06 bits per heavy atom. The van der Waals surface area contributed by atoms with E-state index >= 15 is 0 Å². The predicted molar refractivity (Wildman–Crippen MR) is 144 cm³/mol. The molecule has 0 saturated carbocycles. The number of guanidine groups is 1. The van der Waals surface area contributed by atoms with Gasteiger partial charge in [0.05, 0.1) is 23.9 Å². The summed E-state index contributed by atoms with van der Waals surface area (Å²) in [6.07, 6.45) is 3.40. The molecule has 2 atom stereocenters. The Labute approximate surface area is 220 Å². The van der Waals surface area contributed by atoms with Crippen LogP contribution in [0.2, 0.25) is 5.02 Å². The smallest absolute Gasteiger partial charge is 0.231 e. The fourth-order valence-electron chi connectivity index (χ4n) is 4.70. The lowest BCUT2D eigenvalue weighted by Crippen LogP contribution is -2.41. The van der Waals surface area contributed by atoms with Crippen LogP contribution in [0.15, 0.2) is 84.2 Å². The van der Waals surface area contributed by atoms with Crippen molar-refractivity contribution in [2.75, 3.05) is 5.01 Å². The molecule has 0 aliphatic carbocycles. The van der Waals surface area contributed by atoms with Crippen LogP contribution in [0.3, 0.4) is 0 Å². The minimum atomic E-state index is -1.43. The molecule has 3 heterocycles. The minimum absolute atomic E-state index is 0.323. The molecule has 2 unspecified atom stereocenters. The van der Waals surface area contributed by atoms with Gasteiger partial charge >= 0.3 is 0 Å². The summed E-state index contributed by atoms with van der Waals surface area (Å²) in [4.78, 5) is 9.22. The molecule has 176 valence electrons. The topological polar surface area (TPSA) is 89.7 Å². The summed E-state index contributed by atoms with van der Waals surface area (Å²) in [5, 5.41) is 14.9. The van der Waals surface area contributed by atoms with E-state index < -0.39 is 5.60 Å². The van der Waals surface area contributed by atoms with Gasteiger partial charge in [-0.25, -0.2) is 15.0 Å². The van der Waals surface area contributed by atoms with E-state index in [-0.39, 0.29) is 6.04 Å². The SMILES string of the molecule is Cn1cncc1C(O)(c1ccc(I)cc1)c1ccc2c(c1)C(c1cccc(Cl)c1)N=C1NNNN12. The van der Waals surface area contributed by atoms with E-state index in [9.17, 15) is 5.11 Å². The standard InChI is InChI=1S/C25H21ClIN7O/c1-33-14-28-13-22(33)25(35,16-5-8-19(27)9-6-16)17-7-10-21-20(12-17)23(15-3-2-4-18(26)11-15)29-24-30-31-32-34(21)24/h2-14,23,31-32,35H,1H3,(H,29,30). The van der Waals surface area contributed by atoms with E-state index in [4.69, 9.17) is 16.6 Å². The Hall–Kier alpha value is -2.96. The second-order valence-corrected chi connectivity index (χ2v) is 10.2. The van der Waals surface area contributed by atoms with E-state index in [1.807, 2.05) is 83.4 Å². The number of hydrogen-bond acceptors (Lipinski definition) is 7. The third-order valence-electron chi connectivity index (χ3n) is 6.40. The van der Waals surface area contributed by atoms with Crippen molar-refractivity contribution in [1.29, 1.82) is 0 Å². The third-order valence-corrected chi connectivity index (χ3v) is 7.35. The van der Waals surface area contributed by atoms with Crippen molar-refractivity contribution in [2.45, 2.75) is 11.6 Å².